The number of nitrogens with one attached hydrogen (secondary N) is 1. The molecule has 3 atom stereocenters. The van der Waals surface area contributed by atoms with Crippen molar-refractivity contribution in [1.29, 1.82) is 0 Å². The summed E-state index contributed by atoms with van der Waals surface area (Å²) >= 11 is 0. The lowest BCUT2D eigenvalue weighted by Crippen LogP contribution is -2.55. The smallest absolute Gasteiger partial charge is 0.426 e. The van der Waals surface area contributed by atoms with Gasteiger partial charge in [-0.25, -0.2) is 34.7 Å². The Labute approximate surface area is 215 Å². The van der Waals surface area contributed by atoms with E-state index in [2.05, 4.69) is 15.3 Å². The van der Waals surface area contributed by atoms with Gasteiger partial charge < -0.3 is 9.84 Å². The van der Waals surface area contributed by atoms with E-state index >= 15 is 0 Å². The molecule has 37 heavy (non-hydrogen) atoms. The molecule has 1 aliphatic carbocycles. The topological polar surface area (TPSA) is 154 Å². The molecular formula is C24H34N6O7. The molecule has 3 fully saturated rings. The molecule has 0 spiro atoms. The van der Waals surface area contributed by atoms with Crippen molar-refractivity contribution >= 4 is 30.3 Å². The SMILES string of the molecule is O=CN(C[C@@H](CC1CCCC1)C(=O)N1C(C(=O)Nc2ncccn2)CCN1C(=O)O)OC1CCCCO1. The van der Waals surface area contributed by atoms with Gasteiger partial charge in [-0.3, -0.25) is 19.7 Å². The number of hydrazine groups is 1. The van der Waals surface area contributed by atoms with Gasteiger partial charge in [0.2, 0.25) is 18.3 Å². The Morgan fingerprint density at radius 2 is 1.89 bits per heavy atom. The third-order valence-corrected chi connectivity index (χ3v) is 7.07. The van der Waals surface area contributed by atoms with Gasteiger partial charge in [0.15, 0.2) is 6.29 Å². The van der Waals surface area contributed by atoms with Crippen molar-refractivity contribution < 1.29 is 33.9 Å². The van der Waals surface area contributed by atoms with Crippen molar-refractivity contribution in [2.45, 2.75) is 70.1 Å². The molecule has 2 unspecified atom stereocenters. The van der Waals surface area contributed by atoms with E-state index in [-0.39, 0.29) is 31.4 Å². The van der Waals surface area contributed by atoms with Crippen molar-refractivity contribution in [1.82, 2.24) is 25.0 Å². The molecule has 0 bridgehead atoms. The number of hydroxylamine groups is 2. The van der Waals surface area contributed by atoms with Gasteiger partial charge in [0.1, 0.15) is 6.04 Å². The molecule has 0 aromatic carbocycles. The van der Waals surface area contributed by atoms with Gasteiger partial charge in [-0.2, -0.15) is 0 Å². The van der Waals surface area contributed by atoms with E-state index < -0.39 is 36.2 Å². The van der Waals surface area contributed by atoms with E-state index in [0.29, 0.717) is 25.9 Å². The standard InChI is InChI=1S/C24H34N6O7/c31-16-28(37-20-8-3-4-13-36-20)15-18(14-17-6-1-2-7-17)22(33)30-19(9-12-29(30)24(34)35)21(32)27-23-25-10-5-11-26-23/h5,10-11,16-20H,1-4,6-9,12-15H2,(H,34,35)(H,25,26,27,32)/t18-,19?,20?/m1/s1. The number of anilines is 1. The molecule has 1 saturated carbocycles. The third-order valence-electron chi connectivity index (χ3n) is 7.07. The Hall–Kier alpha value is -3.32. The molecule has 0 radical (unpaired) electrons. The van der Waals surface area contributed by atoms with Crippen molar-refractivity contribution in [3.8, 4) is 0 Å². The number of hydrogen-bond donors (Lipinski definition) is 2. The summed E-state index contributed by atoms with van der Waals surface area (Å²) in [7, 11) is 0. The van der Waals surface area contributed by atoms with Crippen molar-refractivity contribution in [2.24, 2.45) is 11.8 Å². The number of amides is 4. The van der Waals surface area contributed by atoms with E-state index in [4.69, 9.17) is 9.57 Å². The molecule has 1 aromatic rings. The summed E-state index contributed by atoms with van der Waals surface area (Å²) in [5.74, 6) is -1.56. The first-order chi connectivity index (χ1) is 18.0. The van der Waals surface area contributed by atoms with E-state index in [1.165, 1.54) is 12.4 Å². The van der Waals surface area contributed by atoms with Gasteiger partial charge >= 0.3 is 6.09 Å². The zero-order chi connectivity index (χ0) is 26.2. The van der Waals surface area contributed by atoms with Crippen LogP contribution in [0.1, 0.15) is 57.8 Å². The van der Waals surface area contributed by atoms with E-state index in [0.717, 1.165) is 53.6 Å². The third kappa shape index (κ3) is 6.92. The number of hydrogen-bond acceptors (Lipinski definition) is 8. The maximum Gasteiger partial charge on any atom is 0.426 e. The molecule has 2 aliphatic heterocycles. The number of aromatic nitrogens is 2. The Bertz CT molecular complexity index is 939. The highest BCUT2D eigenvalue weighted by Gasteiger charge is 2.45. The Morgan fingerprint density at radius 1 is 1.16 bits per heavy atom. The fourth-order valence-corrected chi connectivity index (χ4v) is 5.26. The molecule has 1 aromatic heterocycles. The van der Waals surface area contributed by atoms with E-state index in [1.807, 2.05) is 0 Å². The van der Waals surface area contributed by atoms with Gasteiger partial charge in [-0.15, -0.1) is 0 Å². The highest BCUT2D eigenvalue weighted by Crippen LogP contribution is 2.33. The van der Waals surface area contributed by atoms with Crippen LogP contribution >= 0.6 is 0 Å². The molecule has 13 heteroatoms. The second-order valence-electron chi connectivity index (χ2n) is 9.64. The molecule has 202 valence electrons. The van der Waals surface area contributed by atoms with Crippen molar-refractivity contribution in [3.05, 3.63) is 18.5 Å². The predicted molar refractivity (Wildman–Crippen MR) is 128 cm³/mol. The Morgan fingerprint density at radius 3 is 2.54 bits per heavy atom. The molecule has 3 heterocycles. The van der Waals surface area contributed by atoms with Crippen LogP contribution in [0.3, 0.4) is 0 Å². The summed E-state index contributed by atoms with van der Waals surface area (Å²) < 4.78 is 5.57. The normalized spacial score (nSPS) is 23.0. The second-order valence-corrected chi connectivity index (χ2v) is 9.64. The molecule has 4 amide bonds. The highest BCUT2D eigenvalue weighted by molar-refractivity contribution is 5.97. The number of carbonyl (C=O) groups excluding carboxylic acids is 3. The first-order valence-corrected chi connectivity index (χ1v) is 12.9. The Balaban J connectivity index is 1.53. The first kappa shape index (κ1) is 26.7. The lowest BCUT2D eigenvalue weighted by atomic mass is 9.92. The minimum absolute atomic E-state index is 0.0191. The molecule has 4 rings (SSSR count). The maximum absolute atomic E-state index is 13.9. The zero-order valence-electron chi connectivity index (χ0n) is 20.7. The zero-order valence-corrected chi connectivity index (χ0v) is 20.7. The van der Waals surface area contributed by atoms with Crippen molar-refractivity contribution in [3.63, 3.8) is 0 Å². The van der Waals surface area contributed by atoms with E-state index in [1.54, 1.807) is 6.07 Å². The van der Waals surface area contributed by atoms with Crippen LogP contribution in [0.15, 0.2) is 18.5 Å². The van der Waals surface area contributed by atoms with E-state index in [9.17, 15) is 24.3 Å². The average molecular weight is 519 g/mol. The lowest BCUT2D eigenvalue weighted by molar-refractivity contribution is -0.276. The summed E-state index contributed by atoms with van der Waals surface area (Å²) in [4.78, 5) is 64.6. The summed E-state index contributed by atoms with van der Waals surface area (Å²) in [5, 5.41) is 15.3. The number of nitrogens with zero attached hydrogens (tertiary/aromatic N) is 5. The predicted octanol–water partition coefficient (Wildman–Crippen LogP) is 2.02. The van der Waals surface area contributed by atoms with Crippen LogP contribution in [0.25, 0.3) is 0 Å². The highest BCUT2D eigenvalue weighted by atomic mass is 16.8. The van der Waals surface area contributed by atoms with Crippen LogP contribution in [-0.2, 0) is 24.0 Å². The molecule has 13 nitrogen and oxygen atoms in total. The summed E-state index contributed by atoms with van der Waals surface area (Å²) in [6.45, 7) is 0.443. The number of carboxylic acid groups (broad SMARTS) is 1. The van der Waals surface area contributed by atoms with Crippen LogP contribution in [0.2, 0.25) is 0 Å². The number of carbonyl (C=O) groups is 4. The quantitative estimate of drug-likeness (QED) is 0.350. The van der Waals surface area contributed by atoms with Crippen LogP contribution < -0.4 is 5.32 Å². The minimum Gasteiger partial charge on any atom is -0.464 e. The molecular weight excluding hydrogens is 484 g/mol. The van der Waals surface area contributed by atoms with Gasteiger partial charge in [0.05, 0.1) is 12.5 Å². The first-order valence-electron chi connectivity index (χ1n) is 12.9. The fourth-order valence-electron chi connectivity index (χ4n) is 5.26. The lowest BCUT2D eigenvalue weighted by Gasteiger charge is -2.35. The van der Waals surface area contributed by atoms with Crippen LogP contribution in [0.4, 0.5) is 10.7 Å². The maximum atomic E-state index is 13.9. The van der Waals surface area contributed by atoms with Gasteiger partial charge in [0.25, 0.3) is 5.91 Å². The van der Waals surface area contributed by atoms with Crippen LogP contribution in [0.5, 0.6) is 0 Å². The summed E-state index contributed by atoms with van der Waals surface area (Å²) in [6.07, 6.45) is 8.59. The monoisotopic (exact) mass is 518 g/mol. The van der Waals surface area contributed by atoms with Crippen molar-refractivity contribution in [2.75, 3.05) is 25.0 Å². The number of rotatable bonds is 10. The van der Waals surface area contributed by atoms with Gasteiger partial charge in [0, 0.05) is 32.0 Å². The summed E-state index contributed by atoms with van der Waals surface area (Å²) in [5.41, 5.74) is 0. The van der Waals surface area contributed by atoms with Gasteiger partial charge in [-0.05, 0) is 37.7 Å². The molecule has 2 N–H and O–H groups in total. The van der Waals surface area contributed by atoms with Gasteiger partial charge in [-0.1, -0.05) is 25.7 Å². The molecule has 3 aliphatic rings. The largest absolute Gasteiger partial charge is 0.464 e. The van der Waals surface area contributed by atoms with Crippen LogP contribution in [0, 0.1) is 11.8 Å². The summed E-state index contributed by atoms with van der Waals surface area (Å²) in [6, 6.07) is 0.533. The molecule has 2 saturated heterocycles. The number of ether oxygens (including phenoxy) is 1. The fraction of sp³-hybridized carbons (Fsp3) is 0.667. The average Bonchev–Trinajstić information content (AvgIpc) is 3.59. The second kappa shape index (κ2) is 12.8. The van der Waals surface area contributed by atoms with Crippen LogP contribution in [-0.4, -0.2) is 86.5 Å². The minimum atomic E-state index is -1.33. The Kier molecular flexibility index (Phi) is 9.23.